The van der Waals surface area contributed by atoms with Crippen LogP contribution in [0.5, 0.6) is 0 Å². The highest BCUT2D eigenvalue weighted by Crippen LogP contribution is 2.41. The fraction of sp³-hybridized carbons (Fsp3) is 0.556. The minimum atomic E-state index is -4.31. The van der Waals surface area contributed by atoms with Gasteiger partial charge in [0.2, 0.25) is 0 Å². The lowest BCUT2D eigenvalue weighted by Crippen LogP contribution is -2.46. The number of aliphatic hydroxyl groups is 1. The smallest absolute Gasteiger partial charge is 0.348 e. The molecule has 0 amide bonds. The van der Waals surface area contributed by atoms with Crippen molar-refractivity contribution in [3.63, 3.8) is 0 Å². The Kier molecular flexibility index (Phi) is 5.46. The molecule has 100 valence electrons. The van der Waals surface area contributed by atoms with Crippen LogP contribution >= 0.6 is 30.6 Å². The lowest BCUT2D eigenvalue weighted by Gasteiger charge is -2.39. The molecule has 1 unspecified atom stereocenters. The van der Waals surface area contributed by atoms with Gasteiger partial charge in [-0.25, -0.2) is 0 Å². The Morgan fingerprint density at radius 2 is 2.33 bits per heavy atom. The second-order valence-electron chi connectivity index (χ2n) is 3.83. The molecule has 3 N–H and O–H groups in total. The Morgan fingerprint density at radius 1 is 1.72 bits per heavy atom. The van der Waals surface area contributed by atoms with E-state index in [0.717, 1.165) is 5.82 Å². The molecule has 9 heteroatoms. The zero-order chi connectivity index (χ0) is 14.0. The predicted molar refractivity (Wildman–Crippen MR) is 74.0 cm³/mol. The van der Waals surface area contributed by atoms with Crippen LogP contribution in [0, 0.1) is 0 Å². The van der Waals surface area contributed by atoms with Crippen molar-refractivity contribution >= 4 is 38.4 Å². The summed E-state index contributed by atoms with van der Waals surface area (Å²) in [4.78, 5) is 17.7. The van der Waals surface area contributed by atoms with Crippen molar-refractivity contribution in [1.29, 1.82) is 0 Å². The fourth-order valence-electron chi connectivity index (χ4n) is 1.57. The second kappa shape index (κ2) is 6.07. The zero-order valence-corrected chi connectivity index (χ0v) is 12.6. The molecule has 0 saturated heterocycles. The molecule has 0 aliphatic carbocycles. The maximum Gasteiger partial charge on any atom is 0.348 e. The molecule has 6 nitrogen and oxygen atoms in total. The van der Waals surface area contributed by atoms with Crippen molar-refractivity contribution in [2.75, 3.05) is 0 Å². The summed E-state index contributed by atoms with van der Waals surface area (Å²) in [5.74, 6) is 0.995. The first-order chi connectivity index (χ1) is 8.24. The van der Waals surface area contributed by atoms with Crippen molar-refractivity contribution in [2.24, 2.45) is 0 Å². The molecule has 0 aromatic carbocycles. The third-order valence-electron chi connectivity index (χ3n) is 2.57. The number of hydrogen-bond donors (Lipinski definition) is 3. The summed E-state index contributed by atoms with van der Waals surface area (Å²) < 4.78 is 21.4. The molecule has 2 radical (unpaired) electrons. The Morgan fingerprint density at radius 3 is 2.78 bits per heavy atom. The number of rotatable bonds is 4. The monoisotopic (exact) mass is 386 g/mol. The Bertz CT molecular complexity index is 408. The Hall–Kier alpha value is 0.145. The van der Waals surface area contributed by atoms with E-state index >= 15 is 0 Å². The minimum Gasteiger partial charge on any atom is -0.429 e. The molecule has 3 atom stereocenters. The highest BCUT2D eigenvalue weighted by atomic mass is 127. The van der Waals surface area contributed by atoms with Crippen LogP contribution in [0.15, 0.2) is 23.7 Å². The molecule has 0 bridgehead atoms. The second-order valence-corrected chi connectivity index (χ2v) is 5.75. The SMILES string of the molecule is [B]C1O[C@@](/C=C/P(=O)(O)O)(CC)C(OI)=C[C@H]1O. The molecule has 0 aromatic rings. The maximum absolute atomic E-state index is 10.9. The van der Waals surface area contributed by atoms with Crippen molar-refractivity contribution < 1.29 is 27.3 Å². The molecule has 1 rings (SSSR count). The number of aliphatic hydroxyl groups excluding tert-OH is 1. The van der Waals surface area contributed by atoms with Crippen LogP contribution in [0.1, 0.15) is 13.3 Å². The van der Waals surface area contributed by atoms with E-state index in [1.165, 1.54) is 12.2 Å². The van der Waals surface area contributed by atoms with Gasteiger partial charge in [0, 0.05) is 11.8 Å². The third-order valence-corrected chi connectivity index (χ3v) is 3.58. The predicted octanol–water partition coefficient (Wildman–Crippen LogP) is 0.963. The van der Waals surface area contributed by atoms with E-state index in [-0.39, 0.29) is 5.76 Å². The van der Waals surface area contributed by atoms with Gasteiger partial charge in [0.1, 0.15) is 19.2 Å². The van der Waals surface area contributed by atoms with E-state index in [0.29, 0.717) is 6.42 Å². The Labute approximate surface area is 120 Å². The molecule has 0 fully saturated rings. The standard InChI is InChI=1S/C9H13BIO6P/c1-2-9(3-4-18(13,14)15)7(17-11)5-6(12)8(10)16-9/h3-6,8,12H,2H2,1H3,(H2,13,14,15)/b4-3+/t6-,8?,9-/m1/s1. The van der Waals surface area contributed by atoms with E-state index < -0.39 is 25.3 Å². The third kappa shape index (κ3) is 3.82. The summed E-state index contributed by atoms with van der Waals surface area (Å²) in [6.45, 7) is 1.75. The molecule has 0 spiro atoms. The van der Waals surface area contributed by atoms with Gasteiger partial charge in [0.05, 0.1) is 6.10 Å². The van der Waals surface area contributed by atoms with Gasteiger partial charge in [0.25, 0.3) is 0 Å². The number of hydrogen-bond acceptors (Lipinski definition) is 4. The van der Waals surface area contributed by atoms with E-state index in [9.17, 15) is 9.67 Å². The lowest BCUT2D eigenvalue weighted by molar-refractivity contribution is -0.0739. The van der Waals surface area contributed by atoms with E-state index in [1.807, 2.05) is 0 Å². The summed E-state index contributed by atoms with van der Waals surface area (Å²) in [5.41, 5.74) is -1.18. The van der Waals surface area contributed by atoms with Crippen LogP contribution in [-0.2, 0) is 12.4 Å². The highest BCUT2D eigenvalue weighted by molar-refractivity contribution is 14.1. The summed E-state index contributed by atoms with van der Waals surface area (Å²) in [6.07, 6.45) is 1.90. The van der Waals surface area contributed by atoms with Gasteiger partial charge in [0.15, 0.2) is 23.0 Å². The fourth-order valence-corrected chi connectivity index (χ4v) is 2.52. The van der Waals surface area contributed by atoms with Crippen LogP contribution in [0.25, 0.3) is 0 Å². The van der Waals surface area contributed by atoms with Gasteiger partial charge >= 0.3 is 7.60 Å². The summed E-state index contributed by atoms with van der Waals surface area (Å²) in [7, 11) is 1.27. The average molecular weight is 386 g/mol. The van der Waals surface area contributed by atoms with Gasteiger partial charge in [-0.1, -0.05) is 6.92 Å². The molecular formula is C9H13BIO6P. The van der Waals surface area contributed by atoms with Gasteiger partial charge < -0.3 is 22.7 Å². The molecule has 18 heavy (non-hydrogen) atoms. The summed E-state index contributed by atoms with van der Waals surface area (Å²) >= 11 is 1.60. The first kappa shape index (κ1) is 16.2. The van der Waals surface area contributed by atoms with Crippen LogP contribution in [0.4, 0.5) is 0 Å². The van der Waals surface area contributed by atoms with E-state index in [1.54, 1.807) is 29.9 Å². The van der Waals surface area contributed by atoms with Crippen LogP contribution in [0.3, 0.4) is 0 Å². The molecule has 1 heterocycles. The first-order valence-corrected chi connectivity index (χ1v) is 7.68. The van der Waals surface area contributed by atoms with Crippen molar-refractivity contribution in [2.45, 2.75) is 31.1 Å². The average Bonchev–Trinajstić information content (AvgIpc) is 2.29. The molecule has 0 aromatic heterocycles. The largest absolute Gasteiger partial charge is 0.429 e. The molecule has 0 saturated carbocycles. The van der Waals surface area contributed by atoms with Gasteiger partial charge in [-0.05, 0) is 18.6 Å². The molecule has 1 aliphatic rings. The number of halogens is 1. The van der Waals surface area contributed by atoms with Crippen molar-refractivity contribution in [3.05, 3.63) is 23.7 Å². The van der Waals surface area contributed by atoms with Crippen LogP contribution < -0.4 is 0 Å². The van der Waals surface area contributed by atoms with Crippen molar-refractivity contribution in [1.82, 2.24) is 0 Å². The molecule has 1 aliphatic heterocycles. The highest BCUT2D eigenvalue weighted by Gasteiger charge is 2.40. The summed E-state index contributed by atoms with van der Waals surface area (Å²) in [5, 5.41) is 9.55. The van der Waals surface area contributed by atoms with E-state index in [4.69, 9.17) is 25.4 Å². The first-order valence-electron chi connectivity index (χ1n) is 5.12. The zero-order valence-electron chi connectivity index (χ0n) is 9.56. The molecular weight excluding hydrogens is 373 g/mol. The topological polar surface area (TPSA) is 96.2 Å². The Balaban J connectivity index is 3.16. The lowest BCUT2D eigenvalue weighted by atomic mass is 9.85. The van der Waals surface area contributed by atoms with Crippen molar-refractivity contribution in [3.8, 4) is 0 Å². The minimum absolute atomic E-state index is 0.254. The number of ether oxygens (including phenoxy) is 1. The van der Waals surface area contributed by atoms with Gasteiger partial charge in [-0.15, -0.1) is 0 Å². The maximum atomic E-state index is 10.9. The van der Waals surface area contributed by atoms with Gasteiger partial charge in [-0.2, -0.15) is 0 Å². The quantitative estimate of drug-likeness (QED) is 0.379. The van der Waals surface area contributed by atoms with Crippen LogP contribution in [-0.4, -0.2) is 40.4 Å². The summed E-state index contributed by atoms with van der Waals surface area (Å²) in [6, 6.07) is -0.985. The van der Waals surface area contributed by atoms with Gasteiger partial charge in [-0.3, -0.25) is 4.57 Å². The van der Waals surface area contributed by atoms with Crippen LogP contribution in [0.2, 0.25) is 0 Å². The van der Waals surface area contributed by atoms with E-state index in [2.05, 4.69) is 0 Å². The normalized spacial score (nSPS) is 33.5.